The first-order valence-corrected chi connectivity index (χ1v) is 6.18. The molecule has 2 rings (SSSR count). The zero-order valence-corrected chi connectivity index (χ0v) is 10.6. The summed E-state index contributed by atoms with van der Waals surface area (Å²) < 4.78 is 5.34. The van der Waals surface area contributed by atoms with Gasteiger partial charge in [0.25, 0.3) is 0 Å². The van der Waals surface area contributed by atoms with Gasteiger partial charge in [0.2, 0.25) is 0 Å². The lowest BCUT2D eigenvalue weighted by Crippen LogP contribution is -2.23. The SMILES string of the molecule is COC1CCN(c2ccc(CCl)cc2C#N)C1. The Labute approximate surface area is 107 Å². The van der Waals surface area contributed by atoms with Crippen LogP contribution >= 0.6 is 11.6 Å². The number of nitriles is 1. The second-order valence-corrected chi connectivity index (χ2v) is 4.46. The maximum absolute atomic E-state index is 9.17. The Hall–Kier alpha value is -1.24. The molecule has 1 aromatic rings. The van der Waals surface area contributed by atoms with Gasteiger partial charge in [-0.3, -0.25) is 0 Å². The Morgan fingerprint density at radius 3 is 3.00 bits per heavy atom. The lowest BCUT2D eigenvalue weighted by molar-refractivity contribution is 0.121. The van der Waals surface area contributed by atoms with Crippen molar-refractivity contribution in [1.29, 1.82) is 5.26 Å². The number of nitrogens with zero attached hydrogens (tertiary/aromatic N) is 2. The third-order valence-electron chi connectivity index (χ3n) is 3.15. The molecule has 1 aliphatic rings. The predicted molar refractivity (Wildman–Crippen MR) is 68.3 cm³/mol. The lowest BCUT2D eigenvalue weighted by Gasteiger charge is -2.20. The summed E-state index contributed by atoms with van der Waals surface area (Å²) in [7, 11) is 1.73. The van der Waals surface area contributed by atoms with Crippen LogP contribution in [0.15, 0.2) is 18.2 Å². The molecule has 0 aliphatic carbocycles. The Kier molecular flexibility index (Phi) is 3.88. The normalized spacial score (nSPS) is 19.4. The number of hydrogen-bond donors (Lipinski definition) is 0. The van der Waals surface area contributed by atoms with E-state index in [-0.39, 0.29) is 6.10 Å². The van der Waals surface area contributed by atoms with Crippen LogP contribution in [0.3, 0.4) is 0 Å². The van der Waals surface area contributed by atoms with Crippen molar-refractivity contribution in [2.75, 3.05) is 25.1 Å². The fourth-order valence-corrected chi connectivity index (χ4v) is 2.34. The zero-order valence-electron chi connectivity index (χ0n) is 9.82. The number of methoxy groups -OCH3 is 1. The molecule has 90 valence electrons. The van der Waals surface area contributed by atoms with Crippen molar-refractivity contribution in [2.45, 2.75) is 18.4 Å². The molecule has 0 N–H and O–H groups in total. The van der Waals surface area contributed by atoms with Gasteiger partial charge in [-0.1, -0.05) is 6.07 Å². The first-order chi connectivity index (χ1) is 8.28. The Bertz CT molecular complexity index is 442. The van der Waals surface area contributed by atoms with Crippen molar-refractivity contribution < 1.29 is 4.74 Å². The van der Waals surface area contributed by atoms with Gasteiger partial charge in [0.1, 0.15) is 6.07 Å². The minimum Gasteiger partial charge on any atom is -0.380 e. The Morgan fingerprint density at radius 1 is 1.59 bits per heavy atom. The minimum absolute atomic E-state index is 0.272. The molecule has 0 saturated carbocycles. The predicted octanol–water partition coefficient (Wildman–Crippen LogP) is 2.52. The van der Waals surface area contributed by atoms with Crippen LogP contribution in [-0.2, 0) is 10.6 Å². The first-order valence-electron chi connectivity index (χ1n) is 5.65. The van der Waals surface area contributed by atoms with Crippen molar-refractivity contribution in [3.63, 3.8) is 0 Å². The number of ether oxygens (including phenoxy) is 1. The molecule has 1 saturated heterocycles. The third-order valence-corrected chi connectivity index (χ3v) is 3.46. The number of anilines is 1. The average molecular weight is 251 g/mol. The molecule has 1 heterocycles. The molecule has 1 aromatic carbocycles. The van der Waals surface area contributed by atoms with Gasteiger partial charge in [-0.05, 0) is 24.1 Å². The van der Waals surface area contributed by atoms with Crippen LogP contribution in [0.25, 0.3) is 0 Å². The smallest absolute Gasteiger partial charge is 0.101 e. The molecule has 0 bridgehead atoms. The maximum Gasteiger partial charge on any atom is 0.101 e. The van der Waals surface area contributed by atoms with E-state index in [0.717, 1.165) is 30.8 Å². The molecule has 1 aliphatic heterocycles. The molecule has 3 nitrogen and oxygen atoms in total. The van der Waals surface area contributed by atoms with Crippen LogP contribution in [-0.4, -0.2) is 26.3 Å². The molecule has 0 amide bonds. The van der Waals surface area contributed by atoms with Crippen molar-refractivity contribution in [1.82, 2.24) is 0 Å². The summed E-state index contributed by atoms with van der Waals surface area (Å²) in [5, 5.41) is 9.17. The Morgan fingerprint density at radius 2 is 2.41 bits per heavy atom. The van der Waals surface area contributed by atoms with Crippen molar-refractivity contribution >= 4 is 17.3 Å². The van der Waals surface area contributed by atoms with Crippen LogP contribution in [0.4, 0.5) is 5.69 Å². The number of benzene rings is 1. The summed E-state index contributed by atoms with van der Waals surface area (Å²) in [6.45, 7) is 1.79. The molecule has 1 unspecified atom stereocenters. The van der Waals surface area contributed by atoms with E-state index in [1.807, 2.05) is 18.2 Å². The van der Waals surface area contributed by atoms with Gasteiger partial charge in [0.15, 0.2) is 0 Å². The van der Waals surface area contributed by atoms with Crippen molar-refractivity contribution in [3.05, 3.63) is 29.3 Å². The van der Waals surface area contributed by atoms with Crippen LogP contribution in [0.2, 0.25) is 0 Å². The van der Waals surface area contributed by atoms with E-state index in [1.165, 1.54) is 0 Å². The Balaban J connectivity index is 2.24. The monoisotopic (exact) mass is 250 g/mol. The molecule has 4 heteroatoms. The van der Waals surface area contributed by atoms with E-state index in [9.17, 15) is 5.26 Å². The lowest BCUT2D eigenvalue weighted by atomic mass is 10.1. The van der Waals surface area contributed by atoms with Gasteiger partial charge < -0.3 is 9.64 Å². The fraction of sp³-hybridized carbons (Fsp3) is 0.462. The van der Waals surface area contributed by atoms with Crippen LogP contribution < -0.4 is 4.90 Å². The van der Waals surface area contributed by atoms with E-state index in [1.54, 1.807) is 7.11 Å². The highest BCUT2D eigenvalue weighted by molar-refractivity contribution is 6.17. The average Bonchev–Trinajstić information content (AvgIpc) is 2.86. The summed E-state index contributed by atoms with van der Waals surface area (Å²) in [6, 6.07) is 8.06. The number of hydrogen-bond acceptors (Lipinski definition) is 3. The standard InChI is InChI=1S/C13H15ClN2O/c1-17-12-4-5-16(9-12)13-3-2-10(7-14)6-11(13)8-15/h2-3,6,12H,4-5,7,9H2,1H3. The van der Waals surface area contributed by atoms with E-state index in [4.69, 9.17) is 16.3 Å². The van der Waals surface area contributed by atoms with Gasteiger partial charge in [0.05, 0.1) is 17.4 Å². The van der Waals surface area contributed by atoms with Crippen LogP contribution in [0.5, 0.6) is 0 Å². The van der Waals surface area contributed by atoms with Gasteiger partial charge in [0, 0.05) is 26.1 Å². The molecule has 0 radical (unpaired) electrons. The van der Waals surface area contributed by atoms with E-state index >= 15 is 0 Å². The molecule has 0 aromatic heterocycles. The first kappa shape index (κ1) is 12.2. The second-order valence-electron chi connectivity index (χ2n) is 4.19. The zero-order chi connectivity index (χ0) is 12.3. The van der Waals surface area contributed by atoms with E-state index in [0.29, 0.717) is 11.4 Å². The molecule has 17 heavy (non-hydrogen) atoms. The van der Waals surface area contributed by atoms with Crippen LogP contribution in [0.1, 0.15) is 17.5 Å². The molecular formula is C13H15ClN2O. The van der Waals surface area contributed by atoms with Crippen molar-refractivity contribution in [3.8, 4) is 6.07 Å². The topological polar surface area (TPSA) is 36.3 Å². The molecular weight excluding hydrogens is 236 g/mol. The highest BCUT2D eigenvalue weighted by Crippen LogP contribution is 2.26. The number of rotatable bonds is 3. The van der Waals surface area contributed by atoms with E-state index < -0.39 is 0 Å². The summed E-state index contributed by atoms with van der Waals surface area (Å²) in [5.74, 6) is 0.440. The highest BCUT2D eigenvalue weighted by Gasteiger charge is 2.23. The minimum atomic E-state index is 0.272. The summed E-state index contributed by atoms with van der Waals surface area (Å²) >= 11 is 5.77. The number of alkyl halides is 1. The number of halogens is 1. The molecule has 1 atom stereocenters. The molecule has 0 spiro atoms. The largest absolute Gasteiger partial charge is 0.380 e. The summed E-state index contributed by atoms with van der Waals surface area (Å²) in [4.78, 5) is 2.20. The summed E-state index contributed by atoms with van der Waals surface area (Å²) in [5.41, 5.74) is 2.66. The van der Waals surface area contributed by atoms with Gasteiger partial charge >= 0.3 is 0 Å². The van der Waals surface area contributed by atoms with Gasteiger partial charge in [-0.2, -0.15) is 5.26 Å². The fourth-order valence-electron chi connectivity index (χ4n) is 2.17. The maximum atomic E-state index is 9.17. The summed E-state index contributed by atoms with van der Waals surface area (Å²) in [6.07, 6.45) is 1.28. The van der Waals surface area contributed by atoms with E-state index in [2.05, 4.69) is 11.0 Å². The van der Waals surface area contributed by atoms with Gasteiger partial charge in [-0.15, -0.1) is 11.6 Å². The molecule has 1 fully saturated rings. The van der Waals surface area contributed by atoms with Crippen molar-refractivity contribution in [2.24, 2.45) is 0 Å². The van der Waals surface area contributed by atoms with Crippen LogP contribution in [0, 0.1) is 11.3 Å². The quantitative estimate of drug-likeness (QED) is 0.774. The second kappa shape index (κ2) is 5.39. The van der Waals surface area contributed by atoms with Gasteiger partial charge in [-0.25, -0.2) is 0 Å². The third kappa shape index (κ3) is 2.54. The highest BCUT2D eigenvalue weighted by atomic mass is 35.5.